The highest BCUT2D eigenvalue weighted by Crippen LogP contribution is 2.54. The van der Waals surface area contributed by atoms with Crippen LogP contribution in [0.25, 0.3) is 0 Å². The average molecular weight is 443 g/mol. The number of anilines is 1. The molecule has 2 heterocycles. The second-order valence-electron chi connectivity index (χ2n) is 9.16. The minimum atomic E-state index is -0.836. The average Bonchev–Trinajstić information content (AvgIpc) is 2.77. The zero-order chi connectivity index (χ0) is 23.8. The summed E-state index contributed by atoms with van der Waals surface area (Å²) < 4.78 is 5.92. The number of fused-ring (bicyclic) bond motifs is 1. The lowest BCUT2D eigenvalue weighted by molar-refractivity contribution is -0.127. The highest BCUT2D eigenvalue weighted by molar-refractivity contribution is 5.98. The number of pyridine rings is 1. The van der Waals surface area contributed by atoms with Gasteiger partial charge in [0, 0.05) is 30.4 Å². The Hall–Kier alpha value is -3.67. The van der Waals surface area contributed by atoms with Crippen molar-refractivity contribution in [1.82, 2.24) is 4.98 Å². The number of primary amides is 1. The van der Waals surface area contributed by atoms with Crippen molar-refractivity contribution < 1.29 is 14.3 Å². The normalized spacial score (nSPS) is 21.2. The summed E-state index contributed by atoms with van der Waals surface area (Å²) in [5.74, 6) is -0.544. The van der Waals surface area contributed by atoms with E-state index in [1.165, 1.54) is 6.92 Å². The zero-order valence-electron chi connectivity index (χ0n) is 19.3. The molecule has 2 unspecified atom stereocenters. The van der Waals surface area contributed by atoms with Crippen LogP contribution in [0.3, 0.4) is 0 Å². The number of nitrogens with two attached hydrogens (primary N) is 1. The van der Waals surface area contributed by atoms with Gasteiger partial charge in [-0.05, 0) is 73.0 Å². The first-order chi connectivity index (χ1) is 15.7. The van der Waals surface area contributed by atoms with E-state index in [0.29, 0.717) is 6.61 Å². The molecule has 0 fully saturated rings. The van der Waals surface area contributed by atoms with E-state index in [-0.39, 0.29) is 5.91 Å². The van der Waals surface area contributed by atoms with Crippen LogP contribution in [0.5, 0.6) is 5.75 Å². The van der Waals surface area contributed by atoms with Crippen molar-refractivity contribution in [2.75, 3.05) is 4.90 Å². The van der Waals surface area contributed by atoms with Crippen LogP contribution in [0.15, 0.2) is 67.0 Å². The fraction of sp³-hybridized carbons (Fsp3) is 0.296. The van der Waals surface area contributed by atoms with Gasteiger partial charge in [0.25, 0.3) is 0 Å². The number of aromatic nitrogens is 1. The van der Waals surface area contributed by atoms with E-state index in [4.69, 9.17) is 10.5 Å². The van der Waals surface area contributed by atoms with Crippen molar-refractivity contribution in [3.63, 3.8) is 0 Å². The van der Waals surface area contributed by atoms with E-state index in [9.17, 15) is 9.59 Å². The molecule has 0 saturated carbocycles. The van der Waals surface area contributed by atoms with Gasteiger partial charge in [0.2, 0.25) is 11.8 Å². The molecule has 1 aliphatic rings. The van der Waals surface area contributed by atoms with Gasteiger partial charge in [0.05, 0.1) is 11.5 Å². The molecule has 3 aromatic rings. The summed E-state index contributed by atoms with van der Waals surface area (Å²) in [6.45, 7) is 7.75. The number of benzene rings is 2. The van der Waals surface area contributed by atoms with Crippen LogP contribution < -0.4 is 15.4 Å². The van der Waals surface area contributed by atoms with Crippen molar-refractivity contribution in [3.8, 4) is 5.75 Å². The molecule has 2 atom stereocenters. The lowest BCUT2D eigenvalue weighted by atomic mass is 9.57. The van der Waals surface area contributed by atoms with Gasteiger partial charge in [-0.25, -0.2) is 0 Å². The van der Waals surface area contributed by atoms with Crippen LogP contribution in [0.2, 0.25) is 0 Å². The van der Waals surface area contributed by atoms with E-state index in [2.05, 4.69) is 11.1 Å². The number of carbonyl (C=O) groups excluding carboxylic acids is 2. The Balaban J connectivity index is 1.78. The molecule has 6 nitrogen and oxygen atoms in total. The summed E-state index contributed by atoms with van der Waals surface area (Å²) in [6.07, 6.45) is 3.46. The SMILES string of the molecule is CC(=O)N1c2cc[c]cc2C(C)(c2ccc(OCc3ccncc3)cc2)C(C(N)=O)C1(C)C. The maximum Gasteiger partial charge on any atom is 0.224 e. The number of nitrogens with zero attached hydrogens (tertiary/aromatic N) is 2. The zero-order valence-corrected chi connectivity index (χ0v) is 19.3. The Bertz CT molecular complexity index is 1170. The van der Waals surface area contributed by atoms with Crippen LogP contribution in [-0.2, 0) is 21.6 Å². The quantitative estimate of drug-likeness (QED) is 0.647. The first-order valence-electron chi connectivity index (χ1n) is 10.9. The minimum Gasteiger partial charge on any atom is -0.489 e. The predicted molar refractivity (Wildman–Crippen MR) is 127 cm³/mol. The first kappa shape index (κ1) is 22.5. The lowest BCUT2D eigenvalue weighted by Crippen LogP contribution is -2.65. The van der Waals surface area contributed by atoms with Crippen LogP contribution >= 0.6 is 0 Å². The molecule has 1 aliphatic heterocycles. The molecule has 0 aliphatic carbocycles. The third-order valence-corrected chi connectivity index (χ3v) is 6.71. The molecule has 1 radical (unpaired) electrons. The topological polar surface area (TPSA) is 85.5 Å². The Morgan fingerprint density at radius 3 is 2.36 bits per heavy atom. The van der Waals surface area contributed by atoms with Crippen LogP contribution in [0.1, 0.15) is 44.4 Å². The molecule has 33 heavy (non-hydrogen) atoms. The molecule has 2 aromatic carbocycles. The van der Waals surface area contributed by atoms with Gasteiger partial charge < -0.3 is 15.4 Å². The van der Waals surface area contributed by atoms with E-state index in [1.807, 2.05) is 69.3 Å². The van der Waals surface area contributed by atoms with E-state index >= 15 is 0 Å². The van der Waals surface area contributed by atoms with Gasteiger partial charge in [-0.2, -0.15) is 0 Å². The highest BCUT2D eigenvalue weighted by atomic mass is 16.5. The summed E-state index contributed by atoms with van der Waals surface area (Å²) in [5.41, 5.74) is 7.95. The van der Waals surface area contributed by atoms with Crippen molar-refractivity contribution >= 4 is 17.5 Å². The van der Waals surface area contributed by atoms with Gasteiger partial charge in [0.1, 0.15) is 12.4 Å². The van der Waals surface area contributed by atoms with Crippen molar-refractivity contribution in [1.29, 1.82) is 0 Å². The highest BCUT2D eigenvalue weighted by Gasteiger charge is 2.57. The monoisotopic (exact) mass is 442 g/mol. The lowest BCUT2D eigenvalue weighted by Gasteiger charge is -2.55. The summed E-state index contributed by atoms with van der Waals surface area (Å²) in [6, 6.07) is 20.2. The second kappa shape index (κ2) is 8.35. The van der Waals surface area contributed by atoms with Crippen LogP contribution in [0.4, 0.5) is 5.69 Å². The van der Waals surface area contributed by atoms with Gasteiger partial charge in [-0.1, -0.05) is 25.1 Å². The van der Waals surface area contributed by atoms with Crippen molar-refractivity contribution in [2.45, 2.75) is 45.3 Å². The molecule has 4 rings (SSSR count). The molecule has 0 saturated heterocycles. The third-order valence-electron chi connectivity index (χ3n) is 6.71. The van der Waals surface area contributed by atoms with E-state index in [1.54, 1.807) is 23.4 Å². The number of ether oxygens (including phenoxy) is 1. The molecular formula is C27H28N3O3. The van der Waals surface area contributed by atoms with Crippen molar-refractivity contribution in [3.05, 3.63) is 89.7 Å². The molecule has 0 bridgehead atoms. The number of hydrogen-bond donors (Lipinski definition) is 1. The Morgan fingerprint density at radius 1 is 1.09 bits per heavy atom. The number of amides is 2. The smallest absolute Gasteiger partial charge is 0.224 e. The maximum absolute atomic E-state index is 12.9. The van der Waals surface area contributed by atoms with E-state index in [0.717, 1.165) is 28.1 Å². The number of rotatable bonds is 5. The summed E-state index contributed by atoms with van der Waals surface area (Å²) in [5, 5.41) is 0. The minimum absolute atomic E-state index is 0.138. The molecular weight excluding hydrogens is 414 g/mol. The van der Waals surface area contributed by atoms with E-state index < -0.39 is 22.8 Å². The third kappa shape index (κ3) is 3.75. The number of hydrogen-bond acceptors (Lipinski definition) is 4. The first-order valence-corrected chi connectivity index (χ1v) is 10.9. The van der Waals surface area contributed by atoms with Gasteiger partial charge in [-0.15, -0.1) is 0 Å². The summed E-state index contributed by atoms with van der Waals surface area (Å²) >= 11 is 0. The Kier molecular flexibility index (Phi) is 5.70. The Morgan fingerprint density at radius 2 is 1.76 bits per heavy atom. The molecule has 1 aromatic heterocycles. The molecule has 169 valence electrons. The molecule has 0 spiro atoms. The molecule has 6 heteroatoms. The summed E-state index contributed by atoms with van der Waals surface area (Å²) in [4.78, 5) is 31.3. The molecule has 2 amide bonds. The predicted octanol–water partition coefficient (Wildman–Crippen LogP) is 4.01. The van der Waals surface area contributed by atoms with Gasteiger partial charge in [0.15, 0.2) is 0 Å². The van der Waals surface area contributed by atoms with Crippen molar-refractivity contribution in [2.24, 2.45) is 11.7 Å². The van der Waals surface area contributed by atoms with Gasteiger partial charge in [-0.3, -0.25) is 14.6 Å². The van der Waals surface area contributed by atoms with Crippen LogP contribution in [0, 0.1) is 12.0 Å². The Labute approximate surface area is 194 Å². The largest absolute Gasteiger partial charge is 0.489 e. The number of carbonyl (C=O) groups is 2. The fourth-order valence-corrected chi connectivity index (χ4v) is 5.41. The molecule has 2 N–H and O–H groups in total. The maximum atomic E-state index is 12.9. The summed E-state index contributed by atoms with van der Waals surface area (Å²) in [7, 11) is 0. The van der Waals surface area contributed by atoms with Crippen LogP contribution in [-0.4, -0.2) is 22.3 Å². The second-order valence-corrected chi connectivity index (χ2v) is 9.16. The van der Waals surface area contributed by atoms with Gasteiger partial charge >= 0.3 is 0 Å². The fourth-order valence-electron chi connectivity index (χ4n) is 5.41. The standard InChI is InChI=1S/C27H28N3O3/c1-18(31)30-23-8-6-5-7-22(23)27(4,24(25(28)32)26(30,2)3)20-9-11-21(12-10-20)33-17-19-13-15-29-16-14-19/h6-16,24H,17H2,1-4H3,(H2,28,32).